The van der Waals surface area contributed by atoms with Crippen LogP contribution in [0, 0.1) is 0 Å². The summed E-state index contributed by atoms with van der Waals surface area (Å²) in [7, 11) is 0. The van der Waals surface area contributed by atoms with E-state index in [0.29, 0.717) is 13.0 Å². The van der Waals surface area contributed by atoms with Crippen LogP contribution in [0.3, 0.4) is 0 Å². The van der Waals surface area contributed by atoms with Crippen molar-refractivity contribution >= 4 is 47.1 Å². The van der Waals surface area contributed by atoms with Gasteiger partial charge in [0.15, 0.2) is 17.8 Å². The first-order valence-electron chi connectivity index (χ1n) is 10.7. The Morgan fingerprint density at radius 1 is 1.12 bits per heavy atom. The molecule has 0 radical (unpaired) electrons. The van der Waals surface area contributed by atoms with Crippen LogP contribution < -0.4 is 5.32 Å². The van der Waals surface area contributed by atoms with Crippen molar-refractivity contribution < 1.29 is 38.9 Å². The first-order chi connectivity index (χ1) is 15.9. The van der Waals surface area contributed by atoms with Gasteiger partial charge >= 0.3 is 6.09 Å². The Kier molecular flexibility index (Phi) is 9.25. The van der Waals surface area contributed by atoms with Crippen molar-refractivity contribution in [3.05, 3.63) is 28.2 Å². The Labute approximate surface area is 201 Å². The zero-order valence-electron chi connectivity index (χ0n) is 19.3. The van der Waals surface area contributed by atoms with Crippen LogP contribution >= 0.6 is 11.8 Å². The number of unbranched alkanes of at least 4 members (excludes halogenated alkanes) is 3. The number of aromatic hydroxyl groups is 2. The maximum atomic E-state index is 12.6. The van der Waals surface area contributed by atoms with Crippen molar-refractivity contribution in [2.75, 3.05) is 13.1 Å². The molecule has 2 rings (SSSR count). The number of hydrogen-bond donors (Lipinski definition) is 3. The Balaban J connectivity index is 1.86. The number of ketones is 1. The number of aldehydes is 1. The van der Waals surface area contributed by atoms with E-state index in [9.17, 15) is 34.2 Å². The highest BCUT2D eigenvalue weighted by Gasteiger charge is 2.34. The third-order valence-electron chi connectivity index (χ3n) is 4.63. The molecular weight excluding hydrogens is 464 g/mol. The quantitative estimate of drug-likeness (QED) is 0.111. The molecule has 34 heavy (non-hydrogen) atoms. The fourth-order valence-corrected chi connectivity index (χ4v) is 3.94. The first-order valence-corrected chi connectivity index (χ1v) is 11.5. The van der Waals surface area contributed by atoms with Crippen LogP contribution in [0.5, 0.6) is 11.5 Å². The van der Waals surface area contributed by atoms with Gasteiger partial charge in [0, 0.05) is 13.1 Å². The number of phenolic OH excluding ortho intramolecular Hbond substituents is 2. The van der Waals surface area contributed by atoms with Crippen LogP contribution in [-0.4, -0.2) is 63.1 Å². The van der Waals surface area contributed by atoms with E-state index in [1.54, 1.807) is 20.8 Å². The summed E-state index contributed by atoms with van der Waals surface area (Å²) in [5.74, 6) is -2.89. The van der Waals surface area contributed by atoms with E-state index in [-0.39, 0.29) is 23.3 Å². The van der Waals surface area contributed by atoms with E-state index in [1.807, 2.05) is 0 Å². The molecule has 0 aliphatic carbocycles. The van der Waals surface area contributed by atoms with E-state index < -0.39 is 45.7 Å². The Morgan fingerprint density at radius 3 is 2.44 bits per heavy atom. The van der Waals surface area contributed by atoms with Crippen molar-refractivity contribution in [3.63, 3.8) is 0 Å². The van der Waals surface area contributed by atoms with E-state index in [1.165, 1.54) is 6.08 Å². The zero-order chi connectivity index (χ0) is 25.5. The molecule has 10 nitrogen and oxygen atoms in total. The van der Waals surface area contributed by atoms with Crippen LogP contribution in [0.4, 0.5) is 9.59 Å². The van der Waals surface area contributed by atoms with Gasteiger partial charge in [-0.25, -0.2) is 4.79 Å². The predicted octanol–water partition coefficient (Wildman–Crippen LogP) is 3.60. The highest BCUT2D eigenvalue weighted by molar-refractivity contribution is 8.18. The summed E-state index contributed by atoms with van der Waals surface area (Å²) >= 11 is 0.725. The monoisotopic (exact) mass is 492 g/mol. The van der Waals surface area contributed by atoms with E-state index in [4.69, 9.17) is 4.74 Å². The molecular formula is C23H28N2O8S. The van der Waals surface area contributed by atoms with Crippen LogP contribution in [0.25, 0.3) is 6.08 Å². The van der Waals surface area contributed by atoms with Gasteiger partial charge in [0.2, 0.25) is 5.78 Å². The molecule has 1 fully saturated rings. The molecule has 0 bridgehead atoms. The first kappa shape index (κ1) is 26.9. The number of alkyl carbamates (subject to hydrolysis) is 1. The maximum Gasteiger partial charge on any atom is 0.407 e. The fraction of sp³-hybridized carbons (Fsp3) is 0.435. The molecule has 11 heteroatoms. The van der Waals surface area contributed by atoms with E-state index in [0.717, 1.165) is 48.1 Å². The van der Waals surface area contributed by atoms with Crippen molar-refractivity contribution in [1.82, 2.24) is 10.2 Å². The molecule has 3 N–H and O–H groups in total. The van der Waals surface area contributed by atoms with Gasteiger partial charge in [-0.05, 0) is 69.1 Å². The number of rotatable bonds is 10. The average molecular weight is 493 g/mol. The maximum absolute atomic E-state index is 12.6. The lowest BCUT2D eigenvalue weighted by Gasteiger charge is -2.19. The van der Waals surface area contributed by atoms with Gasteiger partial charge in [-0.3, -0.25) is 24.1 Å². The predicted molar refractivity (Wildman–Crippen MR) is 126 cm³/mol. The molecule has 1 aromatic carbocycles. The molecule has 0 saturated carbocycles. The largest absolute Gasteiger partial charge is 0.504 e. The number of hydrogen-bond acceptors (Lipinski definition) is 9. The van der Waals surface area contributed by atoms with Gasteiger partial charge < -0.3 is 20.3 Å². The van der Waals surface area contributed by atoms with Gasteiger partial charge in [0.1, 0.15) is 5.60 Å². The average Bonchev–Trinajstić information content (AvgIpc) is 3.00. The minimum atomic E-state index is -1.03. The van der Waals surface area contributed by atoms with E-state index in [2.05, 4.69) is 5.32 Å². The van der Waals surface area contributed by atoms with Crippen LogP contribution in [0.1, 0.15) is 62.4 Å². The highest BCUT2D eigenvalue weighted by atomic mass is 32.2. The number of amides is 3. The number of phenols is 2. The molecule has 1 heterocycles. The molecule has 1 saturated heterocycles. The number of ether oxygens (including phenoxy) is 1. The summed E-state index contributed by atoms with van der Waals surface area (Å²) < 4.78 is 5.15. The van der Waals surface area contributed by atoms with Crippen molar-refractivity contribution in [2.45, 2.75) is 52.1 Å². The number of nitrogens with zero attached hydrogens (tertiary/aromatic N) is 1. The third kappa shape index (κ3) is 7.62. The van der Waals surface area contributed by atoms with Gasteiger partial charge in [-0.15, -0.1) is 0 Å². The van der Waals surface area contributed by atoms with Crippen LogP contribution in [0.2, 0.25) is 0 Å². The van der Waals surface area contributed by atoms with Crippen molar-refractivity contribution in [2.24, 2.45) is 0 Å². The lowest BCUT2D eigenvalue weighted by molar-refractivity contribution is -0.122. The Morgan fingerprint density at radius 2 is 1.79 bits per heavy atom. The van der Waals surface area contributed by atoms with Crippen LogP contribution in [-0.2, 0) is 14.3 Å². The molecule has 0 spiro atoms. The molecule has 1 aromatic rings. The van der Waals surface area contributed by atoms with Gasteiger partial charge in [-0.1, -0.05) is 12.8 Å². The number of Topliss-reactive ketones (excluding diaryl/α,β-unsaturated/α-hetero) is 1. The standard InChI is InChI=1S/C23H28N2O8S/c1-23(2,3)33-21(31)24-8-6-4-5-7-9-25-20(30)18(34-22(25)32)12-14-10-15(17(28)13-26)19(29)16(27)11-14/h10-13,27,29H,4-9H2,1-3H3,(H,24,31)/b18-12-. The smallest absolute Gasteiger partial charge is 0.407 e. The molecule has 0 aromatic heterocycles. The topological polar surface area (TPSA) is 150 Å². The Bertz CT molecular complexity index is 1010. The summed E-state index contributed by atoms with van der Waals surface area (Å²) in [5, 5.41) is 21.8. The third-order valence-corrected chi connectivity index (χ3v) is 5.54. The molecule has 1 aliphatic heterocycles. The molecule has 184 valence electrons. The number of nitrogens with one attached hydrogen (secondary N) is 1. The Hall–Kier alpha value is -3.34. The zero-order valence-corrected chi connectivity index (χ0v) is 20.1. The highest BCUT2D eigenvalue weighted by Crippen LogP contribution is 2.35. The summed E-state index contributed by atoms with van der Waals surface area (Å²) in [6.07, 6.45) is 3.71. The minimum absolute atomic E-state index is 0.000242. The molecule has 3 amide bonds. The second kappa shape index (κ2) is 11.7. The minimum Gasteiger partial charge on any atom is -0.504 e. The van der Waals surface area contributed by atoms with Gasteiger partial charge in [0.25, 0.3) is 11.1 Å². The summed E-state index contributed by atoms with van der Waals surface area (Å²) in [6.45, 7) is 6.05. The second-order valence-electron chi connectivity index (χ2n) is 8.59. The number of thioether (sulfide) groups is 1. The molecule has 1 aliphatic rings. The number of benzene rings is 1. The van der Waals surface area contributed by atoms with Crippen molar-refractivity contribution in [1.29, 1.82) is 0 Å². The molecule has 0 atom stereocenters. The summed E-state index contributed by atoms with van der Waals surface area (Å²) in [5.41, 5.74) is -0.771. The number of carbonyl (C=O) groups is 5. The normalized spacial score (nSPS) is 15.0. The van der Waals surface area contributed by atoms with Gasteiger partial charge in [-0.2, -0.15) is 0 Å². The SMILES string of the molecule is CC(C)(C)OC(=O)NCCCCCCN1C(=O)S/C(=C\c2cc(O)c(O)c(C(=O)C=O)c2)C1=O. The van der Waals surface area contributed by atoms with Crippen LogP contribution in [0.15, 0.2) is 17.0 Å². The molecule has 0 unspecified atom stereocenters. The number of imide groups is 1. The summed E-state index contributed by atoms with van der Waals surface area (Å²) in [4.78, 5) is 60.0. The number of carbonyl (C=O) groups excluding carboxylic acids is 5. The lowest BCUT2D eigenvalue weighted by Crippen LogP contribution is -2.33. The van der Waals surface area contributed by atoms with E-state index >= 15 is 0 Å². The second-order valence-corrected chi connectivity index (χ2v) is 9.59. The van der Waals surface area contributed by atoms with Crippen molar-refractivity contribution in [3.8, 4) is 11.5 Å². The fourth-order valence-electron chi connectivity index (χ4n) is 3.07. The lowest BCUT2D eigenvalue weighted by atomic mass is 10.0. The van der Waals surface area contributed by atoms with Gasteiger partial charge in [0.05, 0.1) is 10.5 Å². The summed E-state index contributed by atoms with van der Waals surface area (Å²) in [6, 6.07) is 2.28.